The van der Waals surface area contributed by atoms with E-state index in [1.165, 1.54) is 65.5 Å². The molecule has 0 aliphatic carbocycles. The standard InChI is InChI=1S/C25H14BNS/c1-5-14-13-15-6-2-10-19-17-8-4-12-21-23(17)26-22-16(7-3-11-20(22)28-21)18(9-1)24(14)27(26)25(15)19/h1-12H,13H2. The molecule has 0 N–H and O–H groups in total. The number of anilines is 2. The third kappa shape index (κ3) is 1.42. The summed E-state index contributed by atoms with van der Waals surface area (Å²) in [6, 6.07) is 27.5. The topological polar surface area (TPSA) is 3.24 Å². The zero-order valence-corrected chi connectivity index (χ0v) is 15.9. The molecule has 0 unspecified atom stereocenters. The van der Waals surface area contributed by atoms with Gasteiger partial charge in [-0.05, 0) is 45.3 Å². The van der Waals surface area contributed by atoms with E-state index < -0.39 is 0 Å². The lowest BCUT2D eigenvalue weighted by Gasteiger charge is -2.49. The van der Waals surface area contributed by atoms with Gasteiger partial charge in [0, 0.05) is 38.7 Å². The molecule has 0 spiro atoms. The number of hydrogen-bond acceptors (Lipinski definition) is 2. The quantitative estimate of drug-likeness (QED) is 0.354. The Bertz CT molecular complexity index is 1180. The summed E-state index contributed by atoms with van der Waals surface area (Å²) >= 11 is 1.94. The average molecular weight is 371 g/mol. The zero-order chi connectivity index (χ0) is 18.0. The number of benzene rings is 4. The Morgan fingerprint density at radius 2 is 1.11 bits per heavy atom. The SMILES string of the molecule is c1cc2c3c(c1)-c1cccc4c1N1B3c3c(cccc3-c3cccc(c31)C4)S2. The van der Waals surface area contributed by atoms with Crippen LogP contribution in [0.4, 0.5) is 11.4 Å². The molecule has 4 aliphatic rings. The highest BCUT2D eigenvalue weighted by molar-refractivity contribution is 8.00. The predicted octanol–water partition coefficient (Wildman–Crippen LogP) is 4.96. The summed E-state index contributed by atoms with van der Waals surface area (Å²) in [4.78, 5) is 5.50. The minimum atomic E-state index is 0.293. The molecule has 0 bridgehead atoms. The van der Waals surface area contributed by atoms with Gasteiger partial charge in [-0.15, -0.1) is 0 Å². The molecular weight excluding hydrogens is 357 g/mol. The van der Waals surface area contributed by atoms with Crippen LogP contribution in [0.2, 0.25) is 0 Å². The van der Waals surface area contributed by atoms with Crippen molar-refractivity contribution in [1.82, 2.24) is 0 Å². The second-order valence-electron chi connectivity index (χ2n) is 8.11. The molecule has 0 saturated heterocycles. The number of fused-ring (bicyclic) bond motifs is 2. The van der Waals surface area contributed by atoms with Gasteiger partial charge in [-0.1, -0.05) is 72.4 Å². The first-order valence-corrected chi connectivity index (χ1v) is 10.7. The van der Waals surface area contributed by atoms with E-state index in [0.717, 1.165) is 6.42 Å². The van der Waals surface area contributed by atoms with Crippen LogP contribution in [-0.4, -0.2) is 6.85 Å². The van der Waals surface area contributed by atoms with Crippen LogP contribution < -0.4 is 15.7 Å². The first-order valence-electron chi connectivity index (χ1n) is 9.87. The van der Waals surface area contributed by atoms with Crippen LogP contribution in [-0.2, 0) is 6.42 Å². The van der Waals surface area contributed by atoms with Gasteiger partial charge in [0.15, 0.2) is 0 Å². The number of nitrogens with zero attached hydrogens (tertiary/aromatic N) is 1. The van der Waals surface area contributed by atoms with Gasteiger partial charge in [-0.2, -0.15) is 0 Å². The molecule has 0 atom stereocenters. The highest BCUT2D eigenvalue weighted by Gasteiger charge is 2.49. The first-order chi connectivity index (χ1) is 13.9. The molecule has 128 valence electrons. The van der Waals surface area contributed by atoms with Gasteiger partial charge < -0.3 is 4.81 Å². The second-order valence-corrected chi connectivity index (χ2v) is 9.20. The maximum atomic E-state index is 2.68. The Balaban J connectivity index is 1.65. The van der Waals surface area contributed by atoms with Crippen molar-refractivity contribution in [3.63, 3.8) is 0 Å². The monoisotopic (exact) mass is 371 g/mol. The summed E-state index contributed by atoms with van der Waals surface area (Å²) in [5.74, 6) is 0. The van der Waals surface area contributed by atoms with Crippen molar-refractivity contribution in [2.75, 3.05) is 4.81 Å². The Morgan fingerprint density at radius 1 is 0.607 bits per heavy atom. The Kier molecular flexibility index (Phi) is 2.30. The van der Waals surface area contributed by atoms with Crippen LogP contribution in [0.1, 0.15) is 11.1 Å². The van der Waals surface area contributed by atoms with E-state index in [9.17, 15) is 0 Å². The van der Waals surface area contributed by atoms with Gasteiger partial charge in [0.2, 0.25) is 0 Å². The van der Waals surface area contributed by atoms with Gasteiger partial charge in [-0.3, -0.25) is 0 Å². The molecule has 0 saturated carbocycles. The minimum absolute atomic E-state index is 0.293. The van der Waals surface area contributed by atoms with Crippen molar-refractivity contribution in [3.05, 3.63) is 83.9 Å². The fourth-order valence-corrected chi connectivity index (χ4v) is 7.06. The number of hydrogen-bond donors (Lipinski definition) is 0. The maximum absolute atomic E-state index is 2.68. The van der Waals surface area contributed by atoms with Crippen molar-refractivity contribution >= 4 is 40.9 Å². The lowest BCUT2D eigenvalue weighted by atomic mass is 9.42. The Hall–Kier alpha value is -2.91. The van der Waals surface area contributed by atoms with Gasteiger partial charge in [0.25, 0.3) is 0 Å². The fourth-order valence-electron chi connectivity index (χ4n) is 5.87. The molecule has 0 fully saturated rings. The van der Waals surface area contributed by atoms with E-state index in [1.54, 1.807) is 0 Å². The van der Waals surface area contributed by atoms with E-state index in [0.29, 0.717) is 6.85 Å². The van der Waals surface area contributed by atoms with Crippen molar-refractivity contribution in [2.45, 2.75) is 16.2 Å². The largest absolute Gasteiger partial charge is 0.375 e. The lowest BCUT2D eigenvalue weighted by Crippen LogP contribution is -2.63. The molecule has 3 heteroatoms. The van der Waals surface area contributed by atoms with E-state index in [-0.39, 0.29) is 0 Å². The van der Waals surface area contributed by atoms with E-state index >= 15 is 0 Å². The first kappa shape index (κ1) is 14.1. The molecule has 28 heavy (non-hydrogen) atoms. The van der Waals surface area contributed by atoms with Crippen molar-refractivity contribution in [1.29, 1.82) is 0 Å². The zero-order valence-electron chi connectivity index (χ0n) is 15.1. The molecule has 0 aromatic heterocycles. The normalized spacial score (nSPS) is 15.4. The summed E-state index contributed by atoms with van der Waals surface area (Å²) in [7, 11) is 0. The Labute approximate surface area is 168 Å². The van der Waals surface area contributed by atoms with Gasteiger partial charge >= 0.3 is 6.85 Å². The molecule has 8 rings (SSSR count). The molecule has 1 nitrogen and oxygen atoms in total. The van der Waals surface area contributed by atoms with Crippen LogP contribution in [0.3, 0.4) is 0 Å². The van der Waals surface area contributed by atoms with Crippen LogP contribution >= 0.6 is 11.8 Å². The molecule has 4 heterocycles. The van der Waals surface area contributed by atoms with Crippen molar-refractivity contribution < 1.29 is 0 Å². The van der Waals surface area contributed by atoms with Crippen LogP contribution in [0.25, 0.3) is 22.3 Å². The maximum Gasteiger partial charge on any atom is 0.331 e. The van der Waals surface area contributed by atoms with E-state index in [1.807, 2.05) is 11.8 Å². The summed E-state index contributed by atoms with van der Waals surface area (Å²) < 4.78 is 0. The molecule has 0 amide bonds. The smallest absolute Gasteiger partial charge is 0.331 e. The molecular formula is C25H14BNS. The molecule has 0 radical (unpaired) electrons. The highest BCUT2D eigenvalue weighted by Crippen LogP contribution is 2.54. The molecule has 4 aromatic carbocycles. The third-order valence-corrected chi connectivity index (χ3v) is 7.99. The Morgan fingerprint density at radius 3 is 1.68 bits per heavy atom. The molecule has 4 aromatic rings. The minimum Gasteiger partial charge on any atom is -0.375 e. The van der Waals surface area contributed by atoms with Crippen molar-refractivity contribution in [2.24, 2.45) is 0 Å². The summed E-state index contributed by atoms with van der Waals surface area (Å²) in [6.45, 7) is 0.293. The van der Waals surface area contributed by atoms with Gasteiger partial charge in [-0.25, -0.2) is 0 Å². The van der Waals surface area contributed by atoms with Crippen LogP contribution in [0.5, 0.6) is 0 Å². The van der Waals surface area contributed by atoms with Crippen LogP contribution in [0.15, 0.2) is 82.6 Å². The van der Waals surface area contributed by atoms with Gasteiger partial charge in [0.1, 0.15) is 0 Å². The molecule has 4 aliphatic heterocycles. The summed E-state index contributed by atoms with van der Waals surface area (Å²) in [5, 5.41) is 0. The number of para-hydroxylation sites is 2. The highest BCUT2D eigenvalue weighted by atomic mass is 32.2. The third-order valence-electron chi connectivity index (χ3n) is 6.84. The van der Waals surface area contributed by atoms with Crippen LogP contribution in [0, 0.1) is 0 Å². The second kappa shape index (κ2) is 4.56. The van der Waals surface area contributed by atoms with E-state index in [2.05, 4.69) is 77.6 Å². The average Bonchev–Trinajstić information content (AvgIpc) is 2.74. The summed E-state index contributed by atoms with van der Waals surface area (Å²) in [5.41, 5.74) is 14.4. The lowest BCUT2D eigenvalue weighted by molar-refractivity contribution is 1.11. The number of rotatable bonds is 0. The van der Waals surface area contributed by atoms with Gasteiger partial charge in [0.05, 0.1) is 0 Å². The van der Waals surface area contributed by atoms with Crippen molar-refractivity contribution in [3.8, 4) is 22.3 Å². The summed E-state index contributed by atoms with van der Waals surface area (Å²) in [6.07, 6.45) is 1.02. The fraction of sp³-hybridized carbons (Fsp3) is 0.0400. The predicted molar refractivity (Wildman–Crippen MR) is 118 cm³/mol. The van der Waals surface area contributed by atoms with E-state index in [4.69, 9.17) is 0 Å².